The molecule has 3 atom stereocenters. The van der Waals surface area contributed by atoms with Crippen molar-refractivity contribution >= 4 is 11.9 Å². The molecule has 0 saturated heterocycles. The van der Waals surface area contributed by atoms with Gasteiger partial charge in [0.25, 0.3) is 0 Å². The second-order valence-electron chi connectivity index (χ2n) is 3.39. The van der Waals surface area contributed by atoms with E-state index in [4.69, 9.17) is 5.11 Å². The maximum absolute atomic E-state index is 10.6. The summed E-state index contributed by atoms with van der Waals surface area (Å²) in [5.74, 6) is -0.648. The molecule has 0 aromatic carbocycles. The van der Waals surface area contributed by atoms with Gasteiger partial charge in [0.15, 0.2) is 0 Å². The summed E-state index contributed by atoms with van der Waals surface area (Å²) in [4.78, 5) is 21.3. The number of carboxylic acids is 1. The molecular formula is C8H13NO3. The molecule has 1 fully saturated rings. The zero-order valence-corrected chi connectivity index (χ0v) is 7.20. The van der Waals surface area contributed by atoms with E-state index >= 15 is 0 Å². The van der Waals surface area contributed by atoms with E-state index in [-0.39, 0.29) is 11.8 Å². The number of aliphatic carboxylic acids is 1. The third-order valence-corrected chi connectivity index (χ3v) is 2.22. The molecule has 2 N–H and O–H groups in total. The van der Waals surface area contributed by atoms with Crippen LogP contribution in [0.2, 0.25) is 0 Å². The van der Waals surface area contributed by atoms with E-state index in [1.54, 1.807) is 0 Å². The van der Waals surface area contributed by atoms with Crippen LogP contribution in [0.5, 0.6) is 0 Å². The van der Waals surface area contributed by atoms with E-state index in [0.717, 1.165) is 6.42 Å². The molecule has 4 heteroatoms. The molecule has 1 rings (SSSR count). The monoisotopic (exact) mass is 171 g/mol. The summed E-state index contributed by atoms with van der Waals surface area (Å²) in [6.45, 7) is 3.32. The highest BCUT2D eigenvalue weighted by Crippen LogP contribution is 2.40. The number of carbonyl (C=O) groups is 2. The van der Waals surface area contributed by atoms with Crippen LogP contribution in [-0.4, -0.2) is 23.0 Å². The molecule has 3 unspecified atom stereocenters. The number of rotatable bonds is 3. The Balaban J connectivity index is 2.50. The van der Waals surface area contributed by atoms with Crippen LogP contribution >= 0.6 is 0 Å². The van der Waals surface area contributed by atoms with Crippen molar-refractivity contribution in [2.24, 2.45) is 11.8 Å². The lowest BCUT2D eigenvalue weighted by Crippen LogP contribution is -2.41. The van der Waals surface area contributed by atoms with E-state index in [9.17, 15) is 9.59 Å². The molecule has 0 radical (unpaired) electrons. The molecule has 0 spiro atoms. The molecule has 68 valence electrons. The predicted molar refractivity (Wildman–Crippen MR) is 42.5 cm³/mol. The third kappa shape index (κ3) is 1.96. The standard InChI is InChI=1S/C8H13NO3/c1-4-3-6(4)7(8(11)12)9-5(2)10/h4,6-7H,3H2,1-2H3,(H,9,10)(H,11,12). The van der Waals surface area contributed by atoms with Crippen LogP contribution in [-0.2, 0) is 9.59 Å². The van der Waals surface area contributed by atoms with E-state index in [2.05, 4.69) is 5.32 Å². The smallest absolute Gasteiger partial charge is 0.326 e. The lowest BCUT2D eigenvalue weighted by atomic mass is 10.1. The van der Waals surface area contributed by atoms with Gasteiger partial charge in [0.2, 0.25) is 5.91 Å². The minimum atomic E-state index is -0.931. The number of amides is 1. The maximum atomic E-state index is 10.6. The van der Waals surface area contributed by atoms with Crippen molar-refractivity contribution in [3.63, 3.8) is 0 Å². The lowest BCUT2D eigenvalue weighted by molar-refractivity contribution is -0.142. The van der Waals surface area contributed by atoms with E-state index in [0.29, 0.717) is 5.92 Å². The van der Waals surface area contributed by atoms with Gasteiger partial charge in [-0.05, 0) is 18.3 Å². The van der Waals surface area contributed by atoms with Crippen LogP contribution in [0.25, 0.3) is 0 Å². The summed E-state index contributed by atoms with van der Waals surface area (Å²) in [6, 6.07) is -0.683. The first-order chi connectivity index (χ1) is 5.52. The summed E-state index contributed by atoms with van der Waals surface area (Å²) in [5.41, 5.74) is 0. The fourth-order valence-corrected chi connectivity index (χ4v) is 1.39. The highest BCUT2D eigenvalue weighted by atomic mass is 16.4. The molecule has 0 aromatic heterocycles. The molecular weight excluding hydrogens is 158 g/mol. The summed E-state index contributed by atoms with van der Waals surface area (Å²) in [6.07, 6.45) is 0.900. The van der Waals surface area contributed by atoms with Crippen LogP contribution in [0.4, 0.5) is 0 Å². The molecule has 1 amide bonds. The van der Waals surface area contributed by atoms with Crippen LogP contribution in [0.15, 0.2) is 0 Å². The van der Waals surface area contributed by atoms with Gasteiger partial charge < -0.3 is 10.4 Å². The van der Waals surface area contributed by atoms with Crippen LogP contribution in [0.3, 0.4) is 0 Å². The Hall–Kier alpha value is -1.06. The van der Waals surface area contributed by atoms with E-state index < -0.39 is 12.0 Å². The van der Waals surface area contributed by atoms with Crippen LogP contribution in [0.1, 0.15) is 20.3 Å². The largest absolute Gasteiger partial charge is 0.480 e. The predicted octanol–water partition coefficient (Wildman–Crippen LogP) is 0.232. The first-order valence-corrected chi connectivity index (χ1v) is 4.02. The SMILES string of the molecule is CC(=O)NC(C(=O)O)C1CC1C. The summed E-state index contributed by atoms with van der Waals surface area (Å²) in [5, 5.41) is 11.2. The van der Waals surface area contributed by atoms with Crippen molar-refractivity contribution < 1.29 is 14.7 Å². The second kappa shape index (κ2) is 3.13. The van der Waals surface area contributed by atoms with Crippen molar-refractivity contribution in [1.82, 2.24) is 5.32 Å². The van der Waals surface area contributed by atoms with Crippen molar-refractivity contribution in [1.29, 1.82) is 0 Å². The molecule has 12 heavy (non-hydrogen) atoms. The van der Waals surface area contributed by atoms with Gasteiger partial charge in [-0.25, -0.2) is 4.79 Å². The maximum Gasteiger partial charge on any atom is 0.326 e. The summed E-state index contributed by atoms with van der Waals surface area (Å²) in [7, 11) is 0. The Morgan fingerprint density at radius 1 is 1.58 bits per heavy atom. The van der Waals surface area contributed by atoms with Gasteiger partial charge in [-0.15, -0.1) is 0 Å². The molecule has 0 bridgehead atoms. The number of nitrogens with one attached hydrogen (secondary N) is 1. The Bertz CT molecular complexity index is 214. The van der Waals surface area contributed by atoms with Gasteiger partial charge in [-0.2, -0.15) is 0 Å². The molecule has 0 aromatic rings. The quantitative estimate of drug-likeness (QED) is 0.638. The van der Waals surface area contributed by atoms with Gasteiger partial charge in [0, 0.05) is 6.92 Å². The average molecular weight is 171 g/mol. The molecule has 1 aliphatic rings. The lowest BCUT2D eigenvalue weighted by Gasteiger charge is -2.11. The summed E-state index contributed by atoms with van der Waals surface area (Å²) >= 11 is 0. The topological polar surface area (TPSA) is 66.4 Å². The highest BCUT2D eigenvalue weighted by molar-refractivity contribution is 5.82. The molecule has 4 nitrogen and oxygen atoms in total. The van der Waals surface area contributed by atoms with Crippen molar-refractivity contribution in [3.8, 4) is 0 Å². The van der Waals surface area contributed by atoms with Crippen molar-refractivity contribution in [3.05, 3.63) is 0 Å². The second-order valence-corrected chi connectivity index (χ2v) is 3.39. The van der Waals surface area contributed by atoms with E-state index in [1.807, 2.05) is 6.92 Å². The first kappa shape index (κ1) is 9.03. The zero-order chi connectivity index (χ0) is 9.30. The minimum absolute atomic E-state index is 0.131. The van der Waals surface area contributed by atoms with Crippen molar-refractivity contribution in [2.75, 3.05) is 0 Å². The Kier molecular flexibility index (Phi) is 2.35. The Morgan fingerprint density at radius 2 is 2.08 bits per heavy atom. The first-order valence-electron chi connectivity index (χ1n) is 4.02. The van der Waals surface area contributed by atoms with Gasteiger partial charge in [-0.3, -0.25) is 4.79 Å². The molecule has 1 saturated carbocycles. The number of hydrogen-bond donors (Lipinski definition) is 2. The fraction of sp³-hybridized carbons (Fsp3) is 0.750. The average Bonchev–Trinajstić information content (AvgIpc) is 2.61. The highest BCUT2D eigenvalue weighted by Gasteiger charge is 2.43. The fourth-order valence-electron chi connectivity index (χ4n) is 1.39. The normalized spacial score (nSPS) is 29.2. The van der Waals surface area contributed by atoms with Gasteiger partial charge >= 0.3 is 5.97 Å². The number of hydrogen-bond acceptors (Lipinski definition) is 2. The Morgan fingerprint density at radius 3 is 2.33 bits per heavy atom. The van der Waals surface area contributed by atoms with Crippen molar-refractivity contribution in [2.45, 2.75) is 26.3 Å². The summed E-state index contributed by atoms with van der Waals surface area (Å²) < 4.78 is 0. The Labute approximate surface area is 71.0 Å². The zero-order valence-electron chi connectivity index (χ0n) is 7.20. The number of carboxylic acid groups (broad SMARTS) is 1. The minimum Gasteiger partial charge on any atom is -0.480 e. The van der Waals surface area contributed by atoms with Gasteiger partial charge in [0.1, 0.15) is 6.04 Å². The number of carbonyl (C=O) groups excluding carboxylic acids is 1. The van der Waals surface area contributed by atoms with Gasteiger partial charge in [0.05, 0.1) is 0 Å². The molecule has 0 aliphatic heterocycles. The van der Waals surface area contributed by atoms with Crippen LogP contribution in [0, 0.1) is 11.8 Å². The molecule has 0 heterocycles. The van der Waals surface area contributed by atoms with Crippen LogP contribution < -0.4 is 5.32 Å². The third-order valence-electron chi connectivity index (χ3n) is 2.22. The molecule has 1 aliphatic carbocycles. The van der Waals surface area contributed by atoms with Gasteiger partial charge in [-0.1, -0.05) is 6.92 Å². The van der Waals surface area contributed by atoms with E-state index in [1.165, 1.54) is 6.92 Å².